The Bertz CT molecular complexity index is 479. The fraction of sp³-hybridized carbons (Fsp3) is 0.100. The van der Waals surface area contributed by atoms with Crippen LogP contribution in [0.15, 0.2) is 24.4 Å². The highest BCUT2D eigenvalue weighted by Crippen LogP contribution is 2.31. The van der Waals surface area contributed by atoms with Crippen LogP contribution in [0.4, 0.5) is 5.69 Å². The molecular weight excluding hydrogens is 164 g/mol. The van der Waals surface area contributed by atoms with Crippen LogP contribution in [-0.2, 0) is 0 Å². The molecule has 0 atom stereocenters. The second-order valence-electron chi connectivity index (χ2n) is 2.70. The highest BCUT2D eigenvalue weighted by Gasteiger charge is 2.04. The van der Waals surface area contributed by atoms with Gasteiger partial charge in [0.05, 0.1) is 13.7 Å². The summed E-state index contributed by atoms with van der Waals surface area (Å²) in [5.41, 5.74) is 1.50. The number of aromatic amines is 1. The van der Waals surface area contributed by atoms with Gasteiger partial charge >= 0.3 is 0 Å². The minimum Gasteiger partial charge on any atom is -0.508 e. The quantitative estimate of drug-likeness (QED) is 0.658. The Morgan fingerprint density at radius 3 is 3.00 bits per heavy atom. The number of ether oxygens (including phenoxy) is 1. The van der Waals surface area contributed by atoms with Crippen LogP contribution in [0, 0.1) is 6.57 Å². The highest BCUT2D eigenvalue weighted by atomic mass is 16.5. The number of hydrogen-bond donors (Lipinski definition) is 1. The van der Waals surface area contributed by atoms with Gasteiger partial charge in [-0.3, -0.25) is 0 Å². The van der Waals surface area contributed by atoms with E-state index in [4.69, 9.17) is 11.3 Å². The Morgan fingerprint density at radius 2 is 2.31 bits per heavy atom. The largest absolute Gasteiger partial charge is 0.508 e. The molecule has 1 aromatic heterocycles. The van der Waals surface area contributed by atoms with Gasteiger partial charge in [-0.1, -0.05) is 0 Å². The standard InChI is InChI=1S/C10H8N2O/c1-11-9-6-8-7(3-4-12-8)5-10(9)13-2/h3-6,12H,2H3. The van der Waals surface area contributed by atoms with Crippen molar-refractivity contribution in [3.05, 3.63) is 35.8 Å². The molecule has 0 saturated heterocycles. The van der Waals surface area contributed by atoms with Gasteiger partial charge in [-0.05, 0) is 18.2 Å². The predicted molar refractivity (Wildman–Crippen MR) is 51.1 cm³/mol. The Hall–Kier alpha value is -1.95. The molecule has 64 valence electrons. The Morgan fingerprint density at radius 1 is 1.46 bits per heavy atom. The molecule has 0 amide bonds. The van der Waals surface area contributed by atoms with Crippen molar-refractivity contribution in [2.75, 3.05) is 7.11 Å². The lowest BCUT2D eigenvalue weighted by molar-refractivity contribution is 0.418. The summed E-state index contributed by atoms with van der Waals surface area (Å²) in [4.78, 5) is 6.42. The number of nitrogens with zero attached hydrogens (tertiary/aromatic N) is 1. The van der Waals surface area contributed by atoms with E-state index in [1.54, 1.807) is 13.2 Å². The normalized spacial score (nSPS) is 9.85. The minimum atomic E-state index is 0.539. The smallest absolute Gasteiger partial charge is 0.230 e. The molecule has 2 rings (SSSR count). The molecule has 0 radical (unpaired) electrons. The van der Waals surface area contributed by atoms with Gasteiger partial charge in [0.1, 0.15) is 5.75 Å². The van der Waals surface area contributed by atoms with E-state index in [1.807, 2.05) is 18.3 Å². The summed E-state index contributed by atoms with van der Waals surface area (Å²) in [5.74, 6) is 0.627. The number of hydrogen-bond acceptors (Lipinski definition) is 1. The van der Waals surface area contributed by atoms with Crippen molar-refractivity contribution in [2.45, 2.75) is 0 Å². The molecule has 0 aliphatic heterocycles. The third-order valence-corrected chi connectivity index (χ3v) is 1.97. The number of nitrogens with one attached hydrogen (secondary N) is 1. The van der Waals surface area contributed by atoms with Crippen LogP contribution in [0.5, 0.6) is 5.75 Å². The molecule has 1 N–H and O–H groups in total. The average molecular weight is 172 g/mol. The van der Waals surface area contributed by atoms with Crippen molar-refractivity contribution in [1.82, 2.24) is 4.98 Å². The van der Waals surface area contributed by atoms with Crippen LogP contribution >= 0.6 is 0 Å². The molecule has 1 aromatic carbocycles. The number of methoxy groups -OCH3 is 1. The van der Waals surface area contributed by atoms with Crippen LogP contribution in [0.1, 0.15) is 0 Å². The molecule has 0 unspecified atom stereocenters. The van der Waals surface area contributed by atoms with Crippen LogP contribution < -0.4 is 4.74 Å². The molecule has 0 spiro atoms. The number of fused-ring (bicyclic) bond motifs is 1. The van der Waals surface area contributed by atoms with Gasteiger partial charge in [0.15, 0.2) is 0 Å². The highest BCUT2D eigenvalue weighted by molar-refractivity contribution is 5.86. The zero-order valence-electron chi connectivity index (χ0n) is 7.16. The first kappa shape index (κ1) is 7.69. The van der Waals surface area contributed by atoms with Crippen LogP contribution in [-0.4, -0.2) is 12.1 Å². The van der Waals surface area contributed by atoms with Crippen molar-refractivity contribution in [2.24, 2.45) is 0 Å². The van der Waals surface area contributed by atoms with Gasteiger partial charge in [0, 0.05) is 17.1 Å². The van der Waals surface area contributed by atoms with E-state index in [2.05, 4.69) is 9.83 Å². The maximum Gasteiger partial charge on any atom is 0.230 e. The SMILES string of the molecule is [C-]#[N+]c1cc2[nH]ccc2cc1OC. The average Bonchev–Trinajstić information content (AvgIpc) is 2.62. The Balaban J connectivity index is 2.76. The monoisotopic (exact) mass is 172 g/mol. The predicted octanol–water partition coefficient (Wildman–Crippen LogP) is 2.73. The van der Waals surface area contributed by atoms with Crippen molar-refractivity contribution in [3.63, 3.8) is 0 Å². The second kappa shape index (κ2) is 2.83. The number of H-pyrrole nitrogens is 1. The zero-order chi connectivity index (χ0) is 9.26. The summed E-state index contributed by atoms with van der Waals surface area (Å²) in [6.07, 6.45) is 1.85. The van der Waals surface area contributed by atoms with E-state index in [0.717, 1.165) is 10.9 Å². The van der Waals surface area contributed by atoms with Crippen LogP contribution in [0.25, 0.3) is 15.7 Å². The van der Waals surface area contributed by atoms with Gasteiger partial charge in [-0.15, -0.1) is 0 Å². The van der Waals surface area contributed by atoms with Crippen molar-refractivity contribution >= 4 is 16.6 Å². The molecule has 13 heavy (non-hydrogen) atoms. The van der Waals surface area contributed by atoms with E-state index >= 15 is 0 Å². The van der Waals surface area contributed by atoms with Gasteiger partial charge in [0.25, 0.3) is 0 Å². The molecule has 0 fully saturated rings. The fourth-order valence-corrected chi connectivity index (χ4v) is 1.32. The summed E-state index contributed by atoms with van der Waals surface area (Å²) in [5, 5.41) is 1.06. The summed E-state index contributed by atoms with van der Waals surface area (Å²) < 4.78 is 5.09. The lowest BCUT2D eigenvalue weighted by atomic mass is 10.2. The third kappa shape index (κ3) is 1.13. The minimum absolute atomic E-state index is 0.539. The molecule has 0 bridgehead atoms. The van der Waals surface area contributed by atoms with Crippen molar-refractivity contribution in [1.29, 1.82) is 0 Å². The van der Waals surface area contributed by atoms with Gasteiger partial charge in [-0.25, -0.2) is 4.85 Å². The Labute approximate surface area is 75.8 Å². The van der Waals surface area contributed by atoms with Crippen molar-refractivity contribution in [3.8, 4) is 5.75 Å². The first-order valence-electron chi connectivity index (χ1n) is 3.87. The molecule has 1 heterocycles. The van der Waals surface area contributed by atoms with Crippen LogP contribution in [0.2, 0.25) is 0 Å². The topological polar surface area (TPSA) is 29.4 Å². The lowest BCUT2D eigenvalue weighted by Gasteiger charge is -2.01. The maximum absolute atomic E-state index is 6.95. The van der Waals surface area contributed by atoms with E-state index in [9.17, 15) is 0 Å². The Kier molecular flexibility index (Phi) is 1.67. The third-order valence-electron chi connectivity index (χ3n) is 1.97. The first-order valence-corrected chi connectivity index (χ1v) is 3.87. The van der Waals surface area contributed by atoms with E-state index in [1.165, 1.54) is 0 Å². The second-order valence-corrected chi connectivity index (χ2v) is 2.70. The fourth-order valence-electron chi connectivity index (χ4n) is 1.32. The zero-order valence-corrected chi connectivity index (χ0v) is 7.16. The molecule has 3 nitrogen and oxygen atoms in total. The van der Waals surface area contributed by atoms with E-state index in [-0.39, 0.29) is 0 Å². The van der Waals surface area contributed by atoms with E-state index < -0.39 is 0 Å². The van der Waals surface area contributed by atoms with E-state index in [0.29, 0.717) is 11.4 Å². The molecule has 3 heteroatoms. The lowest BCUT2D eigenvalue weighted by Crippen LogP contribution is -1.82. The van der Waals surface area contributed by atoms with Gasteiger partial charge in [-0.2, -0.15) is 0 Å². The summed E-state index contributed by atoms with van der Waals surface area (Å²) in [6.45, 7) is 6.95. The molecule has 0 saturated carbocycles. The summed E-state index contributed by atoms with van der Waals surface area (Å²) in [6, 6.07) is 5.60. The summed E-state index contributed by atoms with van der Waals surface area (Å²) in [7, 11) is 1.57. The molecule has 2 aromatic rings. The number of aromatic nitrogens is 1. The van der Waals surface area contributed by atoms with Crippen LogP contribution in [0.3, 0.4) is 0 Å². The number of rotatable bonds is 1. The van der Waals surface area contributed by atoms with Crippen molar-refractivity contribution < 1.29 is 4.74 Å². The maximum atomic E-state index is 6.95. The first-order chi connectivity index (χ1) is 6.35. The molecule has 0 aliphatic rings. The van der Waals surface area contributed by atoms with Gasteiger partial charge < -0.3 is 9.72 Å². The van der Waals surface area contributed by atoms with Gasteiger partial charge in [0.2, 0.25) is 5.69 Å². The summed E-state index contributed by atoms with van der Waals surface area (Å²) >= 11 is 0. The number of benzene rings is 1. The molecular formula is C10H8N2O. The molecule has 0 aliphatic carbocycles.